The number of nitrogens with zero attached hydrogens (tertiary/aromatic N) is 3. The zero-order valence-corrected chi connectivity index (χ0v) is 13.2. The van der Waals surface area contributed by atoms with E-state index in [-0.39, 0.29) is 6.04 Å². The number of aromatic amines is 1. The van der Waals surface area contributed by atoms with E-state index < -0.39 is 0 Å². The predicted molar refractivity (Wildman–Crippen MR) is 87.1 cm³/mol. The van der Waals surface area contributed by atoms with Crippen molar-refractivity contribution >= 4 is 10.9 Å². The topological polar surface area (TPSA) is 58.0 Å². The van der Waals surface area contributed by atoms with E-state index >= 15 is 0 Å². The Kier molecular flexibility index (Phi) is 2.85. The quantitative estimate of drug-likeness (QED) is 0.804. The van der Waals surface area contributed by atoms with Crippen LogP contribution in [0.2, 0.25) is 0 Å². The Labute approximate surface area is 134 Å². The molecule has 1 aliphatic carbocycles. The Hall–Kier alpha value is -2.14. The third-order valence-corrected chi connectivity index (χ3v) is 5.22. The smallest absolute Gasteiger partial charge is 0.243 e. The van der Waals surface area contributed by atoms with Gasteiger partial charge in [-0.15, -0.1) is 0 Å². The summed E-state index contributed by atoms with van der Waals surface area (Å²) in [5.41, 5.74) is 4.03. The molecular weight excluding hydrogens is 288 g/mol. The molecule has 5 nitrogen and oxygen atoms in total. The van der Waals surface area contributed by atoms with Crippen LogP contribution in [0.3, 0.4) is 0 Å². The minimum atomic E-state index is 0.164. The molecular formula is C18H20N4O. The summed E-state index contributed by atoms with van der Waals surface area (Å²) < 4.78 is 5.53. The number of H-pyrrole nitrogens is 1. The number of aromatic nitrogens is 3. The van der Waals surface area contributed by atoms with Gasteiger partial charge < -0.3 is 9.51 Å². The Morgan fingerprint density at radius 3 is 3.04 bits per heavy atom. The van der Waals surface area contributed by atoms with Gasteiger partial charge in [0.05, 0.1) is 6.04 Å². The minimum Gasteiger partial charge on any atom is -0.358 e. The van der Waals surface area contributed by atoms with Gasteiger partial charge in [-0.3, -0.25) is 4.90 Å². The lowest BCUT2D eigenvalue weighted by Crippen LogP contribution is -2.32. The lowest BCUT2D eigenvalue weighted by Gasteiger charge is -2.30. The monoisotopic (exact) mass is 308 g/mol. The van der Waals surface area contributed by atoms with Crippen molar-refractivity contribution < 1.29 is 4.52 Å². The molecule has 1 aromatic carbocycles. The summed E-state index contributed by atoms with van der Waals surface area (Å²) in [5.74, 6) is 2.20. The number of rotatable bonds is 3. The third-order valence-electron chi connectivity index (χ3n) is 5.22. The number of fused-ring (bicyclic) bond motifs is 3. The molecule has 5 heteroatoms. The van der Waals surface area contributed by atoms with Crippen LogP contribution in [0.1, 0.15) is 54.7 Å². The van der Waals surface area contributed by atoms with E-state index in [1.807, 2.05) is 0 Å². The number of hydrogen-bond donors (Lipinski definition) is 1. The van der Waals surface area contributed by atoms with Gasteiger partial charge in [-0.1, -0.05) is 23.4 Å². The van der Waals surface area contributed by atoms with Crippen LogP contribution in [0.5, 0.6) is 0 Å². The standard InChI is InChI=1S/C18H20N4O/c1-11(18-20-17(21-23-18)12-6-7-12)22-9-8-16-14(10-22)13-4-2-3-5-15(13)19-16/h2-5,11-12,19H,6-10H2,1H3. The average Bonchev–Trinajstić information content (AvgIpc) is 3.20. The summed E-state index contributed by atoms with van der Waals surface area (Å²) >= 11 is 0. The van der Waals surface area contributed by atoms with E-state index in [4.69, 9.17) is 4.52 Å². The maximum atomic E-state index is 5.53. The molecule has 118 valence electrons. The third kappa shape index (κ3) is 2.18. The normalized spacial score (nSPS) is 19.9. The molecule has 3 aromatic rings. The van der Waals surface area contributed by atoms with E-state index in [9.17, 15) is 0 Å². The van der Waals surface area contributed by atoms with Crippen LogP contribution in [0.15, 0.2) is 28.8 Å². The van der Waals surface area contributed by atoms with E-state index in [1.165, 1.54) is 35.0 Å². The molecule has 3 heterocycles. The fourth-order valence-electron chi connectivity index (χ4n) is 3.60. The number of nitrogens with one attached hydrogen (secondary N) is 1. The van der Waals surface area contributed by atoms with Crippen molar-refractivity contribution in [2.45, 2.75) is 44.7 Å². The van der Waals surface area contributed by atoms with Gasteiger partial charge in [0, 0.05) is 42.0 Å². The van der Waals surface area contributed by atoms with Crippen LogP contribution in [0, 0.1) is 0 Å². The van der Waals surface area contributed by atoms with Crippen LogP contribution in [0.25, 0.3) is 10.9 Å². The van der Waals surface area contributed by atoms with Crippen molar-refractivity contribution in [3.8, 4) is 0 Å². The van der Waals surface area contributed by atoms with Gasteiger partial charge in [-0.2, -0.15) is 4.98 Å². The zero-order valence-electron chi connectivity index (χ0n) is 13.2. The lowest BCUT2D eigenvalue weighted by atomic mass is 10.0. The van der Waals surface area contributed by atoms with Crippen LogP contribution in [-0.4, -0.2) is 26.6 Å². The second-order valence-corrected chi connectivity index (χ2v) is 6.79. The maximum absolute atomic E-state index is 5.53. The van der Waals surface area contributed by atoms with Gasteiger partial charge in [0.25, 0.3) is 0 Å². The average molecular weight is 308 g/mol. The van der Waals surface area contributed by atoms with Crippen LogP contribution < -0.4 is 0 Å². The first kappa shape index (κ1) is 13.3. The van der Waals surface area contributed by atoms with Crippen molar-refractivity contribution in [3.05, 3.63) is 47.2 Å². The SMILES string of the molecule is CC(c1nc(C2CC2)no1)N1CCc2[nH]c3ccccc3c2C1. The summed E-state index contributed by atoms with van der Waals surface area (Å²) in [5, 5.41) is 5.50. The van der Waals surface area contributed by atoms with Crippen LogP contribution >= 0.6 is 0 Å². The predicted octanol–water partition coefficient (Wildman–Crippen LogP) is 3.55. The first-order chi connectivity index (χ1) is 11.3. The Bertz CT molecular complexity index is 861. The van der Waals surface area contributed by atoms with Crippen LogP contribution in [-0.2, 0) is 13.0 Å². The van der Waals surface area contributed by atoms with Gasteiger partial charge in [-0.05, 0) is 31.4 Å². The van der Waals surface area contributed by atoms with Gasteiger partial charge in [-0.25, -0.2) is 0 Å². The Morgan fingerprint density at radius 1 is 1.30 bits per heavy atom. The second kappa shape index (κ2) is 4.93. The van der Waals surface area contributed by atoms with E-state index in [2.05, 4.69) is 51.2 Å². The highest BCUT2D eigenvalue weighted by molar-refractivity contribution is 5.84. The van der Waals surface area contributed by atoms with Gasteiger partial charge in [0.15, 0.2) is 5.82 Å². The maximum Gasteiger partial charge on any atom is 0.243 e. The minimum absolute atomic E-state index is 0.164. The van der Waals surface area contributed by atoms with Crippen LogP contribution in [0.4, 0.5) is 0 Å². The molecule has 1 saturated carbocycles. The Morgan fingerprint density at radius 2 is 2.17 bits per heavy atom. The van der Waals surface area contributed by atoms with E-state index in [0.29, 0.717) is 5.92 Å². The zero-order chi connectivity index (χ0) is 15.4. The van der Waals surface area contributed by atoms with Crippen molar-refractivity contribution in [2.24, 2.45) is 0 Å². The van der Waals surface area contributed by atoms with E-state index in [1.54, 1.807) is 0 Å². The van der Waals surface area contributed by atoms with Gasteiger partial charge in [0.1, 0.15) is 0 Å². The first-order valence-corrected chi connectivity index (χ1v) is 8.45. The summed E-state index contributed by atoms with van der Waals surface area (Å²) in [6.45, 7) is 4.12. The molecule has 1 unspecified atom stereocenters. The summed E-state index contributed by atoms with van der Waals surface area (Å²) in [6.07, 6.45) is 3.45. The molecule has 1 fully saturated rings. The highest BCUT2D eigenvalue weighted by Gasteiger charge is 2.32. The second-order valence-electron chi connectivity index (χ2n) is 6.79. The molecule has 1 N–H and O–H groups in total. The molecule has 0 spiro atoms. The molecule has 0 amide bonds. The van der Waals surface area contributed by atoms with Crippen molar-refractivity contribution in [1.29, 1.82) is 0 Å². The first-order valence-electron chi connectivity index (χ1n) is 8.45. The van der Waals surface area contributed by atoms with E-state index in [0.717, 1.165) is 31.2 Å². The molecule has 2 aliphatic rings. The summed E-state index contributed by atoms with van der Waals surface area (Å²) in [6, 6.07) is 8.72. The van der Waals surface area contributed by atoms with Gasteiger partial charge >= 0.3 is 0 Å². The fraction of sp³-hybridized carbons (Fsp3) is 0.444. The fourth-order valence-corrected chi connectivity index (χ4v) is 3.60. The largest absolute Gasteiger partial charge is 0.358 e. The number of hydrogen-bond acceptors (Lipinski definition) is 4. The summed E-state index contributed by atoms with van der Waals surface area (Å²) in [4.78, 5) is 10.6. The number of para-hydroxylation sites is 1. The molecule has 0 saturated heterocycles. The molecule has 1 atom stereocenters. The molecule has 23 heavy (non-hydrogen) atoms. The van der Waals surface area contributed by atoms with Gasteiger partial charge in [0.2, 0.25) is 5.89 Å². The molecule has 0 bridgehead atoms. The highest BCUT2D eigenvalue weighted by Crippen LogP contribution is 2.39. The van der Waals surface area contributed by atoms with Crippen molar-refractivity contribution in [2.75, 3.05) is 6.54 Å². The summed E-state index contributed by atoms with van der Waals surface area (Å²) in [7, 11) is 0. The highest BCUT2D eigenvalue weighted by atomic mass is 16.5. The lowest BCUT2D eigenvalue weighted by molar-refractivity contribution is 0.158. The molecule has 5 rings (SSSR count). The molecule has 1 aliphatic heterocycles. The van der Waals surface area contributed by atoms with Crippen molar-refractivity contribution in [3.63, 3.8) is 0 Å². The number of benzene rings is 1. The molecule has 2 aromatic heterocycles. The molecule has 0 radical (unpaired) electrons. The van der Waals surface area contributed by atoms with Crippen molar-refractivity contribution in [1.82, 2.24) is 20.0 Å². The Balaban J connectivity index is 1.43.